The second-order valence-corrected chi connectivity index (χ2v) is 8.03. The van der Waals surface area contributed by atoms with E-state index in [1.165, 1.54) is 19.2 Å². The molecule has 2 aliphatic heterocycles. The lowest BCUT2D eigenvalue weighted by Crippen LogP contribution is -2.61. The summed E-state index contributed by atoms with van der Waals surface area (Å²) < 4.78 is 31.8. The Hall–Kier alpha value is -2.63. The van der Waals surface area contributed by atoms with Crippen molar-refractivity contribution >= 4 is 5.91 Å². The number of methoxy groups -OCH3 is 2. The molecular weight excluding hydrogens is 419 g/mol. The Bertz CT molecular complexity index is 935. The van der Waals surface area contributed by atoms with Crippen LogP contribution in [0.2, 0.25) is 0 Å². The topological polar surface area (TPSA) is 94.8 Å². The molecule has 1 amide bonds. The summed E-state index contributed by atoms with van der Waals surface area (Å²) in [7, 11) is 3.03. The lowest BCUT2D eigenvalue weighted by atomic mass is 9.85. The van der Waals surface area contributed by atoms with E-state index in [0.717, 1.165) is 31.8 Å². The maximum Gasteiger partial charge on any atom is 0.254 e. The summed E-state index contributed by atoms with van der Waals surface area (Å²) in [5.74, 6) is 0.0492. The standard InChI is InChI=1S/C21H29FN6O4/c1-30-11-10-28-20(23-24-25-28)21(27-8-12-32-13-9-27)6-3-7-26(15-21)19(29)16-4-5-18(31-2)17(22)14-16/h4-5,14H,3,6-13,15H2,1-2H3. The summed E-state index contributed by atoms with van der Waals surface area (Å²) >= 11 is 0. The van der Waals surface area contributed by atoms with Gasteiger partial charge in [-0.3, -0.25) is 9.69 Å². The number of carbonyl (C=O) groups is 1. The summed E-state index contributed by atoms with van der Waals surface area (Å²) in [5, 5.41) is 12.5. The second-order valence-electron chi connectivity index (χ2n) is 8.03. The van der Waals surface area contributed by atoms with E-state index in [2.05, 4.69) is 20.4 Å². The second kappa shape index (κ2) is 9.88. The fraction of sp³-hybridized carbons (Fsp3) is 0.619. The number of hydrogen-bond donors (Lipinski definition) is 0. The number of amides is 1. The number of tetrazole rings is 1. The number of morpholine rings is 1. The van der Waals surface area contributed by atoms with Crippen molar-refractivity contribution in [3.8, 4) is 5.75 Å². The molecule has 0 aliphatic carbocycles. The van der Waals surface area contributed by atoms with Gasteiger partial charge in [-0.1, -0.05) is 0 Å². The van der Waals surface area contributed by atoms with Crippen LogP contribution >= 0.6 is 0 Å². The molecule has 2 saturated heterocycles. The van der Waals surface area contributed by atoms with Crippen molar-refractivity contribution in [3.63, 3.8) is 0 Å². The summed E-state index contributed by atoms with van der Waals surface area (Å²) in [5.41, 5.74) is -0.264. The summed E-state index contributed by atoms with van der Waals surface area (Å²) in [4.78, 5) is 17.4. The molecule has 2 fully saturated rings. The SMILES string of the molecule is COCCn1nnnc1C1(N2CCOCC2)CCCN(C(=O)c2ccc(OC)c(F)c2)C1. The maximum atomic E-state index is 14.3. The predicted octanol–water partition coefficient (Wildman–Crippen LogP) is 0.931. The maximum absolute atomic E-state index is 14.3. The van der Waals surface area contributed by atoms with Gasteiger partial charge in [0.05, 0.1) is 33.5 Å². The number of carbonyl (C=O) groups excluding carboxylic acids is 1. The van der Waals surface area contributed by atoms with E-state index >= 15 is 0 Å². The molecule has 0 radical (unpaired) electrons. The summed E-state index contributed by atoms with van der Waals surface area (Å²) in [6.45, 7) is 4.64. The molecule has 3 heterocycles. The van der Waals surface area contributed by atoms with Gasteiger partial charge in [-0.15, -0.1) is 5.10 Å². The molecule has 1 aromatic heterocycles. The summed E-state index contributed by atoms with van der Waals surface area (Å²) in [6.07, 6.45) is 1.58. The molecule has 32 heavy (non-hydrogen) atoms. The van der Waals surface area contributed by atoms with Crippen LogP contribution in [0.3, 0.4) is 0 Å². The Morgan fingerprint density at radius 3 is 2.78 bits per heavy atom. The Balaban J connectivity index is 1.66. The van der Waals surface area contributed by atoms with E-state index in [1.54, 1.807) is 22.8 Å². The van der Waals surface area contributed by atoms with Crippen molar-refractivity contribution in [1.82, 2.24) is 30.0 Å². The van der Waals surface area contributed by atoms with Gasteiger partial charge in [0, 0.05) is 38.9 Å². The Kier molecular flexibility index (Phi) is 6.97. The quantitative estimate of drug-likeness (QED) is 0.618. The molecule has 1 aromatic carbocycles. The van der Waals surface area contributed by atoms with Crippen molar-refractivity contribution in [3.05, 3.63) is 35.4 Å². The van der Waals surface area contributed by atoms with Gasteiger partial charge in [0.15, 0.2) is 17.4 Å². The van der Waals surface area contributed by atoms with E-state index in [0.29, 0.717) is 45.0 Å². The smallest absolute Gasteiger partial charge is 0.254 e. The average molecular weight is 448 g/mol. The number of piperidine rings is 1. The Morgan fingerprint density at radius 1 is 1.25 bits per heavy atom. The molecule has 0 saturated carbocycles. The summed E-state index contributed by atoms with van der Waals surface area (Å²) in [6, 6.07) is 4.31. The molecule has 2 aromatic rings. The first-order valence-corrected chi connectivity index (χ1v) is 10.8. The molecule has 0 N–H and O–H groups in total. The molecular formula is C21H29FN6O4. The minimum atomic E-state index is -0.557. The van der Waals surface area contributed by atoms with E-state index in [1.807, 2.05) is 0 Å². The van der Waals surface area contributed by atoms with Gasteiger partial charge in [-0.25, -0.2) is 9.07 Å². The number of ether oxygens (including phenoxy) is 3. The number of hydrogen-bond acceptors (Lipinski definition) is 8. The van der Waals surface area contributed by atoms with E-state index in [9.17, 15) is 9.18 Å². The highest BCUT2D eigenvalue weighted by Gasteiger charge is 2.47. The third-order valence-electron chi connectivity index (χ3n) is 6.23. The van der Waals surface area contributed by atoms with Crippen LogP contribution in [0.4, 0.5) is 4.39 Å². The zero-order valence-electron chi connectivity index (χ0n) is 18.5. The van der Waals surface area contributed by atoms with Crippen LogP contribution in [-0.4, -0.2) is 96.1 Å². The van der Waals surface area contributed by atoms with Crippen LogP contribution in [0, 0.1) is 5.82 Å². The predicted molar refractivity (Wildman–Crippen MR) is 112 cm³/mol. The van der Waals surface area contributed by atoms with Crippen LogP contribution in [0.1, 0.15) is 29.0 Å². The monoisotopic (exact) mass is 448 g/mol. The Labute approximate surface area is 186 Å². The van der Waals surface area contributed by atoms with Crippen molar-refractivity contribution in [2.75, 3.05) is 60.2 Å². The number of halogens is 1. The van der Waals surface area contributed by atoms with Crippen LogP contribution in [0.15, 0.2) is 18.2 Å². The van der Waals surface area contributed by atoms with Crippen molar-refractivity contribution in [2.45, 2.75) is 24.9 Å². The highest BCUT2D eigenvalue weighted by molar-refractivity contribution is 5.94. The van der Waals surface area contributed by atoms with Gasteiger partial charge in [-0.2, -0.15) is 0 Å². The molecule has 0 bridgehead atoms. The molecule has 11 heteroatoms. The average Bonchev–Trinajstić information content (AvgIpc) is 3.32. The van der Waals surface area contributed by atoms with Gasteiger partial charge in [0.25, 0.3) is 5.91 Å². The van der Waals surface area contributed by atoms with Crippen LogP contribution in [-0.2, 0) is 21.6 Å². The molecule has 174 valence electrons. The molecule has 2 aliphatic rings. The third-order valence-corrected chi connectivity index (χ3v) is 6.23. The first-order valence-electron chi connectivity index (χ1n) is 10.8. The number of aromatic nitrogens is 4. The molecule has 4 rings (SSSR count). The van der Waals surface area contributed by atoms with E-state index in [-0.39, 0.29) is 11.7 Å². The molecule has 1 unspecified atom stereocenters. The number of benzene rings is 1. The first kappa shape index (κ1) is 22.6. The van der Waals surface area contributed by atoms with Gasteiger partial charge in [0.1, 0.15) is 5.54 Å². The largest absolute Gasteiger partial charge is 0.494 e. The van der Waals surface area contributed by atoms with Crippen LogP contribution in [0.25, 0.3) is 0 Å². The van der Waals surface area contributed by atoms with Crippen LogP contribution in [0.5, 0.6) is 5.75 Å². The lowest BCUT2D eigenvalue weighted by Gasteiger charge is -2.49. The first-order chi connectivity index (χ1) is 15.6. The molecule has 0 spiro atoms. The van der Waals surface area contributed by atoms with Crippen molar-refractivity contribution < 1.29 is 23.4 Å². The number of nitrogens with zero attached hydrogens (tertiary/aromatic N) is 6. The van der Waals surface area contributed by atoms with E-state index in [4.69, 9.17) is 14.2 Å². The van der Waals surface area contributed by atoms with E-state index < -0.39 is 11.4 Å². The van der Waals surface area contributed by atoms with Crippen LogP contribution < -0.4 is 4.74 Å². The molecule has 10 nitrogen and oxygen atoms in total. The normalized spacial score (nSPS) is 22.2. The highest BCUT2D eigenvalue weighted by atomic mass is 19.1. The number of rotatable bonds is 7. The minimum absolute atomic E-state index is 0.111. The fourth-order valence-corrected chi connectivity index (χ4v) is 4.63. The van der Waals surface area contributed by atoms with Crippen molar-refractivity contribution in [1.29, 1.82) is 0 Å². The lowest BCUT2D eigenvalue weighted by molar-refractivity contribution is -0.0573. The van der Waals surface area contributed by atoms with Crippen molar-refractivity contribution in [2.24, 2.45) is 0 Å². The number of likely N-dealkylation sites (tertiary alicyclic amines) is 1. The van der Waals surface area contributed by atoms with Gasteiger partial charge in [-0.05, 0) is 41.5 Å². The zero-order valence-corrected chi connectivity index (χ0v) is 18.5. The Morgan fingerprint density at radius 2 is 2.06 bits per heavy atom. The molecule has 1 atom stereocenters. The fourth-order valence-electron chi connectivity index (χ4n) is 4.63. The van der Waals surface area contributed by atoms with Gasteiger partial charge in [0.2, 0.25) is 0 Å². The third kappa shape index (κ3) is 4.32. The van der Waals surface area contributed by atoms with Gasteiger partial charge >= 0.3 is 0 Å². The minimum Gasteiger partial charge on any atom is -0.494 e. The van der Waals surface area contributed by atoms with Gasteiger partial charge < -0.3 is 19.1 Å². The zero-order chi connectivity index (χ0) is 22.6. The highest BCUT2D eigenvalue weighted by Crippen LogP contribution is 2.37.